The van der Waals surface area contributed by atoms with Crippen LogP contribution >= 0.6 is 0 Å². The van der Waals surface area contributed by atoms with Crippen LogP contribution in [-0.4, -0.2) is 47.8 Å². The number of halogens is 3. The highest BCUT2D eigenvalue weighted by molar-refractivity contribution is 5.80. The van der Waals surface area contributed by atoms with E-state index in [2.05, 4.69) is 12.2 Å². The van der Waals surface area contributed by atoms with Gasteiger partial charge in [-0.05, 0) is 18.3 Å². The number of rotatable bonds is 5. The first-order chi connectivity index (χ1) is 9.69. The minimum atomic E-state index is -4.62. The predicted octanol–water partition coefficient (Wildman–Crippen LogP) is 2.47. The molecule has 1 saturated carbocycles. The van der Waals surface area contributed by atoms with Crippen LogP contribution in [0.3, 0.4) is 0 Å². The average molecular weight is 310 g/mol. The summed E-state index contributed by atoms with van der Waals surface area (Å²) in [5.41, 5.74) is 0. The molecule has 2 N–H and O–H groups in total. The molecule has 5 nitrogen and oxygen atoms in total. The zero-order valence-electron chi connectivity index (χ0n) is 11.9. The highest BCUT2D eigenvalue weighted by Crippen LogP contribution is 2.28. The van der Waals surface area contributed by atoms with Crippen LogP contribution in [0.15, 0.2) is 0 Å². The molecule has 2 atom stereocenters. The van der Waals surface area contributed by atoms with Gasteiger partial charge in [0.25, 0.3) is 0 Å². The first-order valence-corrected chi connectivity index (χ1v) is 7.00. The van der Waals surface area contributed by atoms with Crippen molar-refractivity contribution in [2.45, 2.75) is 38.8 Å². The fourth-order valence-electron chi connectivity index (χ4n) is 2.61. The number of alkyl halides is 3. The second kappa shape index (κ2) is 7.51. The first-order valence-electron chi connectivity index (χ1n) is 7.00. The van der Waals surface area contributed by atoms with Crippen LogP contribution in [-0.2, 0) is 4.79 Å². The molecule has 2 unspecified atom stereocenters. The monoisotopic (exact) mass is 310 g/mol. The third-order valence-electron chi connectivity index (χ3n) is 3.79. The van der Waals surface area contributed by atoms with E-state index < -0.39 is 31.3 Å². The maximum absolute atomic E-state index is 12.4. The van der Waals surface area contributed by atoms with E-state index in [-0.39, 0.29) is 17.4 Å². The van der Waals surface area contributed by atoms with Crippen LogP contribution < -0.4 is 5.32 Å². The molecule has 21 heavy (non-hydrogen) atoms. The van der Waals surface area contributed by atoms with Gasteiger partial charge in [0.1, 0.15) is 13.1 Å². The Labute approximate surface area is 121 Å². The van der Waals surface area contributed by atoms with E-state index in [1.165, 1.54) is 0 Å². The van der Waals surface area contributed by atoms with E-state index in [0.717, 1.165) is 25.7 Å². The average Bonchev–Trinajstić information content (AvgIpc) is 2.34. The molecule has 0 bridgehead atoms. The maximum Gasteiger partial charge on any atom is 0.406 e. The Bertz CT molecular complexity index is 374. The number of aliphatic carboxylic acids is 1. The highest BCUT2D eigenvalue weighted by Gasteiger charge is 2.34. The van der Waals surface area contributed by atoms with Crippen molar-refractivity contribution in [3.05, 3.63) is 0 Å². The fraction of sp³-hybridized carbons (Fsp3) is 0.846. The summed E-state index contributed by atoms with van der Waals surface area (Å²) in [6, 6.07) is -0.979. The summed E-state index contributed by atoms with van der Waals surface area (Å²) in [4.78, 5) is 22.6. The summed E-state index contributed by atoms with van der Waals surface area (Å²) >= 11 is 0. The summed E-state index contributed by atoms with van der Waals surface area (Å²) in [7, 11) is 0. The molecule has 1 aliphatic rings. The number of nitrogens with one attached hydrogen (secondary N) is 1. The molecule has 1 fully saturated rings. The SMILES string of the molecule is CC1CCCCC1CNC(=O)N(CC(=O)O)CC(F)(F)F. The highest BCUT2D eigenvalue weighted by atomic mass is 19.4. The van der Waals surface area contributed by atoms with Crippen molar-refractivity contribution >= 4 is 12.0 Å². The summed E-state index contributed by atoms with van der Waals surface area (Å²) in [5, 5.41) is 11.0. The summed E-state index contributed by atoms with van der Waals surface area (Å²) in [6.45, 7) is -0.189. The van der Waals surface area contributed by atoms with Gasteiger partial charge in [-0.15, -0.1) is 0 Å². The lowest BCUT2D eigenvalue weighted by Gasteiger charge is -2.30. The normalized spacial score (nSPS) is 22.7. The lowest BCUT2D eigenvalue weighted by Crippen LogP contribution is -2.48. The molecule has 1 aliphatic carbocycles. The molecule has 122 valence electrons. The Balaban J connectivity index is 2.53. The van der Waals surface area contributed by atoms with Crippen LogP contribution in [0.25, 0.3) is 0 Å². The van der Waals surface area contributed by atoms with Gasteiger partial charge in [0.15, 0.2) is 0 Å². The Kier molecular flexibility index (Phi) is 6.29. The number of carboxylic acids is 1. The van der Waals surface area contributed by atoms with Gasteiger partial charge in [-0.25, -0.2) is 4.79 Å². The summed E-state index contributed by atoms with van der Waals surface area (Å²) in [5.74, 6) is -0.824. The van der Waals surface area contributed by atoms with Gasteiger partial charge >= 0.3 is 18.2 Å². The van der Waals surface area contributed by atoms with Crippen molar-refractivity contribution in [2.75, 3.05) is 19.6 Å². The van der Waals surface area contributed by atoms with E-state index >= 15 is 0 Å². The first kappa shape index (κ1) is 17.6. The van der Waals surface area contributed by atoms with Crippen LogP contribution in [0.4, 0.5) is 18.0 Å². The van der Waals surface area contributed by atoms with E-state index in [9.17, 15) is 22.8 Å². The molecule has 0 saturated heterocycles. The molecule has 2 amide bonds. The summed E-state index contributed by atoms with van der Waals surface area (Å²) < 4.78 is 37.1. The van der Waals surface area contributed by atoms with Crippen LogP contribution in [0, 0.1) is 11.8 Å². The zero-order chi connectivity index (χ0) is 16.0. The minimum Gasteiger partial charge on any atom is -0.480 e. The van der Waals surface area contributed by atoms with Crippen LogP contribution in [0.5, 0.6) is 0 Å². The number of hydrogen-bond acceptors (Lipinski definition) is 2. The van der Waals surface area contributed by atoms with Crippen LogP contribution in [0.2, 0.25) is 0 Å². The van der Waals surface area contributed by atoms with Crippen molar-refractivity contribution in [3.8, 4) is 0 Å². The molecule has 8 heteroatoms. The van der Waals surface area contributed by atoms with Gasteiger partial charge in [0.05, 0.1) is 0 Å². The largest absolute Gasteiger partial charge is 0.480 e. The molecule has 0 heterocycles. The summed E-state index contributed by atoms with van der Waals surface area (Å²) in [6.07, 6.45) is -0.469. The smallest absolute Gasteiger partial charge is 0.406 e. The van der Waals surface area contributed by atoms with Gasteiger partial charge in [0, 0.05) is 6.54 Å². The molecular formula is C13H21F3N2O3. The second-order valence-corrected chi connectivity index (χ2v) is 5.57. The standard InChI is InChI=1S/C13H21F3N2O3/c1-9-4-2-3-5-10(9)6-17-12(21)18(7-11(19)20)8-13(14,15)16/h9-10H,2-8H2,1H3,(H,17,21)(H,19,20). The number of urea groups is 1. The van der Waals surface area contributed by atoms with Crippen molar-refractivity contribution in [1.82, 2.24) is 10.2 Å². The molecule has 0 aromatic rings. The number of hydrogen-bond donors (Lipinski definition) is 2. The van der Waals surface area contributed by atoms with Crippen LogP contribution in [0.1, 0.15) is 32.6 Å². The van der Waals surface area contributed by atoms with Gasteiger partial charge in [-0.1, -0.05) is 26.2 Å². The van der Waals surface area contributed by atoms with Crippen molar-refractivity contribution in [2.24, 2.45) is 11.8 Å². The van der Waals surface area contributed by atoms with E-state index in [1.54, 1.807) is 0 Å². The van der Waals surface area contributed by atoms with Crippen molar-refractivity contribution < 1.29 is 27.9 Å². The van der Waals surface area contributed by atoms with Gasteiger partial charge in [-0.3, -0.25) is 4.79 Å². The molecular weight excluding hydrogens is 289 g/mol. The van der Waals surface area contributed by atoms with E-state index in [1.807, 2.05) is 0 Å². The maximum atomic E-state index is 12.4. The second-order valence-electron chi connectivity index (χ2n) is 5.57. The van der Waals surface area contributed by atoms with Gasteiger partial charge in [0.2, 0.25) is 0 Å². The number of carbonyl (C=O) groups excluding carboxylic acids is 1. The predicted molar refractivity (Wildman–Crippen MR) is 69.8 cm³/mol. The number of amides is 2. The van der Waals surface area contributed by atoms with E-state index in [0.29, 0.717) is 5.92 Å². The molecule has 0 spiro atoms. The molecule has 0 aromatic heterocycles. The van der Waals surface area contributed by atoms with Crippen molar-refractivity contribution in [3.63, 3.8) is 0 Å². The topological polar surface area (TPSA) is 69.6 Å². The Hall–Kier alpha value is -1.47. The molecule has 0 aliphatic heterocycles. The quantitative estimate of drug-likeness (QED) is 0.819. The number of carbonyl (C=O) groups is 2. The van der Waals surface area contributed by atoms with E-state index in [4.69, 9.17) is 5.11 Å². The Morgan fingerprint density at radius 3 is 2.43 bits per heavy atom. The Morgan fingerprint density at radius 2 is 1.90 bits per heavy atom. The lowest BCUT2D eigenvalue weighted by molar-refractivity contribution is -0.149. The zero-order valence-corrected chi connectivity index (χ0v) is 11.9. The number of nitrogens with zero attached hydrogens (tertiary/aromatic N) is 1. The lowest BCUT2D eigenvalue weighted by atomic mass is 9.80. The Morgan fingerprint density at radius 1 is 1.29 bits per heavy atom. The third kappa shape index (κ3) is 6.68. The minimum absolute atomic E-state index is 0.236. The molecule has 0 aromatic carbocycles. The molecule has 1 rings (SSSR count). The molecule has 0 radical (unpaired) electrons. The van der Waals surface area contributed by atoms with Gasteiger partial charge in [-0.2, -0.15) is 13.2 Å². The third-order valence-corrected chi connectivity index (χ3v) is 3.79. The van der Waals surface area contributed by atoms with Gasteiger partial charge < -0.3 is 15.3 Å². The number of carboxylic acid groups (broad SMARTS) is 1. The van der Waals surface area contributed by atoms with Crippen molar-refractivity contribution in [1.29, 1.82) is 0 Å². The fourth-order valence-corrected chi connectivity index (χ4v) is 2.61.